The Hall–Kier alpha value is -3.17. The van der Waals surface area contributed by atoms with Crippen LogP contribution in [0.2, 0.25) is 0 Å². The molecule has 1 aliphatic rings. The number of amides is 2. The fraction of sp³-hybridized carbons (Fsp3) is 0.400. The SMILES string of the molecule is CCOC(=O)C1=C(COc2cccnc2[N+](=O)[O-])NC(=O)NC1CC. The van der Waals surface area contributed by atoms with Crippen molar-refractivity contribution in [3.63, 3.8) is 0 Å². The van der Waals surface area contributed by atoms with E-state index in [0.717, 1.165) is 0 Å². The van der Waals surface area contributed by atoms with Crippen molar-refractivity contribution >= 4 is 17.8 Å². The van der Waals surface area contributed by atoms with E-state index in [9.17, 15) is 19.7 Å². The second kappa shape index (κ2) is 8.08. The number of pyridine rings is 1. The number of urea groups is 1. The first-order chi connectivity index (χ1) is 12.0. The van der Waals surface area contributed by atoms with Gasteiger partial charge < -0.3 is 30.2 Å². The summed E-state index contributed by atoms with van der Waals surface area (Å²) in [5.74, 6) is -1.10. The standard InChI is InChI=1S/C15H18N4O6/c1-3-9-12(14(20)24-4-2)10(18-15(21)17-9)8-25-11-6-5-7-16-13(11)19(22)23/h5-7,9H,3-4,8H2,1-2H3,(H2,17,18,21). The van der Waals surface area contributed by atoms with Crippen molar-refractivity contribution < 1.29 is 24.0 Å². The second-order valence-corrected chi connectivity index (χ2v) is 5.04. The molecule has 2 amide bonds. The topological polar surface area (TPSA) is 133 Å². The number of carbonyl (C=O) groups is 2. The fourth-order valence-corrected chi connectivity index (χ4v) is 2.36. The van der Waals surface area contributed by atoms with Crippen molar-refractivity contribution in [2.75, 3.05) is 13.2 Å². The van der Waals surface area contributed by atoms with Crippen LogP contribution >= 0.6 is 0 Å². The van der Waals surface area contributed by atoms with Crippen LogP contribution in [0.4, 0.5) is 10.6 Å². The Morgan fingerprint density at radius 3 is 2.84 bits per heavy atom. The van der Waals surface area contributed by atoms with Crippen LogP contribution in [0, 0.1) is 10.1 Å². The van der Waals surface area contributed by atoms with Crippen LogP contribution in [0.1, 0.15) is 20.3 Å². The molecule has 0 saturated carbocycles. The summed E-state index contributed by atoms with van der Waals surface area (Å²) in [5, 5.41) is 16.1. The summed E-state index contributed by atoms with van der Waals surface area (Å²) in [7, 11) is 0. The van der Waals surface area contributed by atoms with Crippen LogP contribution in [0.3, 0.4) is 0 Å². The first kappa shape index (κ1) is 18.2. The summed E-state index contributed by atoms with van der Waals surface area (Å²) in [5.41, 5.74) is 0.433. The maximum atomic E-state index is 12.2. The van der Waals surface area contributed by atoms with Crippen LogP contribution in [0.15, 0.2) is 29.6 Å². The molecule has 25 heavy (non-hydrogen) atoms. The lowest BCUT2D eigenvalue weighted by atomic mass is 10.0. The highest BCUT2D eigenvalue weighted by atomic mass is 16.6. The first-order valence-electron chi connectivity index (χ1n) is 7.67. The van der Waals surface area contributed by atoms with E-state index in [0.29, 0.717) is 6.42 Å². The Balaban J connectivity index is 2.30. The van der Waals surface area contributed by atoms with Crippen molar-refractivity contribution in [1.29, 1.82) is 0 Å². The van der Waals surface area contributed by atoms with Gasteiger partial charge in [-0.05, 0) is 35.4 Å². The molecule has 0 saturated heterocycles. The average molecular weight is 350 g/mol. The lowest BCUT2D eigenvalue weighted by Crippen LogP contribution is -2.51. The van der Waals surface area contributed by atoms with Gasteiger partial charge in [0.15, 0.2) is 0 Å². The minimum atomic E-state index is -0.675. The average Bonchev–Trinajstić information content (AvgIpc) is 2.59. The predicted octanol–water partition coefficient (Wildman–Crippen LogP) is 1.28. The molecule has 10 nitrogen and oxygen atoms in total. The molecular formula is C15H18N4O6. The number of rotatable bonds is 7. The van der Waals surface area contributed by atoms with Crippen molar-refractivity contribution in [2.24, 2.45) is 0 Å². The molecule has 134 valence electrons. The zero-order valence-corrected chi connectivity index (χ0v) is 13.8. The molecule has 0 fully saturated rings. The maximum Gasteiger partial charge on any atom is 0.406 e. The van der Waals surface area contributed by atoms with E-state index in [2.05, 4.69) is 15.6 Å². The molecule has 1 aliphatic heterocycles. The van der Waals surface area contributed by atoms with E-state index in [4.69, 9.17) is 9.47 Å². The van der Waals surface area contributed by atoms with Gasteiger partial charge >= 0.3 is 17.8 Å². The highest BCUT2D eigenvalue weighted by Crippen LogP contribution is 2.24. The molecule has 0 aliphatic carbocycles. The van der Waals surface area contributed by atoms with Gasteiger partial charge in [0, 0.05) is 0 Å². The van der Waals surface area contributed by atoms with Crippen LogP contribution < -0.4 is 15.4 Å². The largest absolute Gasteiger partial charge is 0.479 e. The van der Waals surface area contributed by atoms with Gasteiger partial charge in [0.05, 0.1) is 23.9 Å². The van der Waals surface area contributed by atoms with Gasteiger partial charge in [-0.2, -0.15) is 0 Å². The third kappa shape index (κ3) is 4.22. The monoisotopic (exact) mass is 350 g/mol. The summed E-state index contributed by atoms with van der Waals surface area (Å²) in [6, 6.07) is 1.85. The van der Waals surface area contributed by atoms with Gasteiger partial charge in [-0.25, -0.2) is 9.59 Å². The highest BCUT2D eigenvalue weighted by Gasteiger charge is 2.32. The van der Waals surface area contributed by atoms with E-state index in [1.807, 2.05) is 0 Å². The lowest BCUT2D eigenvalue weighted by molar-refractivity contribution is -0.390. The van der Waals surface area contributed by atoms with E-state index in [-0.39, 0.29) is 30.2 Å². The van der Waals surface area contributed by atoms with Gasteiger partial charge in [-0.15, -0.1) is 0 Å². The molecule has 0 aromatic carbocycles. The zero-order valence-electron chi connectivity index (χ0n) is 13.8. The summed E-state index contributed by atoms with van der Waals surface area (Å²) in [4.78, 5) is 37.9. The van der Waals surface area contributed by atoms with Gasteiger partial charge in [-0.3, -0.25) is 0 Å². The van der Waals surface area contributed by atoms with Crippen molar-refractivity contribution in [1.82, 2.24) is 15.6 Å². The molecule has 2 rings (SSSR count). The van der Waals surface area contributed by atoms with E-state index in [1.165, 1.54) is 18.3 Å². The quantitative estimate of drug-likeness (QED) is 0.430. The third-order valence-electron chi connectivity index (χ3n) is 3.44. The van der Waals surface area contributed by atoms with Gasteiger partial charge in [-0.1, -0.05) is 6.92 Å². The summed E-state index contributed by atoms with van der Waals surface area (Å²) >= 11 is 0. The van der Waals surface area contributed by atoms with E-state index < -0.39 is 28.8 Å². The number of nitrogens with one attached hydrogen (secondary N) is 2. The molecule has 0 bridgehead atoms. The molecular weight excluding hydrogens is 332 g/mol. The van der Waals surface area contributed by atoms with Crippen molar-refractivity contribution in [3.8, 4) is 5.75 Å². The molecule has 1 atom stereocenters. The molecule has 0 spiro atoms. The Bertz CT molecular complexity index is 718. The number of hydrogen-bond acceptors (Lipinski definition) is 7. The van der Waals surface area contributed by atoms with Crippen molar-refractivity contribution in [3.05, 3.63) is 39.7 Å². The van der Waals surface area contributed by atoms with E-state index in [1.54, 1.807) is 13.8 Å². The lowest BCUT2D eigenvalue weighted by Gasteiger charge is -2.28. The maximum absolute atomic E-state index is 12.2. The van der Waals surface area contributed by atoms with Crippen molar-refractivity contribution in [2.45, 2.75) is 26.3 Å². The predicted molar refractivity (Wildman–Crippen MR) is 85.8 cm³/mol. The van der Waals surface area contributed by atoms with Crippen LogP contribution in [0.5, 0.6) is 5.75 Å². The van der Waals surface area contributed by atoms with Gasteiger partial charge in [0.25, 0.3) is 0 Å². The summed E-state index contributed by atoms with van der Waals surface area (Å²) in [6.07, 6.45) is 1.74. The normalized spacial score (nSPS) is 16.7. The summed E-state index contributed by atoms with van der Waals surface area (Å²) < 4.78 is 10.5. The first-order valence-corrected chi connectivity index (χ1v) is 7.67. The molecule has 0 radical (unpaired) electrons. The number of hydrogen-bond donors (Lipinski definition) is 2. The molecule has 2 N–H and O–H groups in total. The number of carbonyl (C=O) groups excluding carboxylic acids is 2. The Morgan fingerprint density at radius 1 is 1.44 bits per heavy atom. The molecule has 1 aromatic heterocycles. The van der Waals surface area contributed by atoms with Crippen LogP contribution in [-0.4, -0.2) is 41.2 Å². The number of nitro groups is 1. The minimum absolute atomic E-state index is 0.0657. The molecule has 10 heteroatoms. The fourth-order valence-electron chi connectivity index (χ4n) is 2.36. The Labute approximate surface area is 143 Å². The van der Waals surface area contributed by atoms with Crippen LogP contribution in [0.25, 0.3) is 0 Å². The summed E-state index contributed by atoms with van der Waals surface area (Å²) in [6.45, 7) is 3.41. The van der Waals surface area contributed by atoms with Gasteiger partial charge in [0.1, 0.15) is 12.8 Å². The number of aromatic nitrogens is 1. The smallest absolute Gasteiger partial charge is 0.406 e. The molecule has 2 heterocycles. The number of esters is 1. The molecule has 1 aromatic rings. The Morgan fingerprint density at radius 2 is 2.20 bits per heavy atom. The number of nitrogens with zero attached hydrogens (tertiary/aromatic N) is 2. The van der Waals surface area contributed by atoms with Crippen LogP contribution in [-0.2, 0) is 9.53 Å². The highest BCUT2D eigenvalue weighted by molar-refractivity contribution is 5.94. The minimum Gasteiger partial charge on any atom is -0.479 e. The third-order valence-corrected chi connectivity index (χ3v) is 3.44. The molecule has 1 unspecified atom stereocenters. The van der Waals surface area contributed by atoms with Gasteiger partial charge in [0.2, 0.25) is 5.75 Å². The number of ether oxygens (including phenoxy) is 2. The zero-order chi connectivity index (χ0) is 18.4. The Kier molecular flexibility index (Phi) is 5.88. The second-order valence-electron chi connectivity index (χ2n) is 5.04. The van der Waals surface area contributed by atoms with E-state index >= 15 is 0 Å².